The van der Waals surface area contributed by atoms with Crippen LogP contribution in [-0.4, -0.2) is 45.5 Å². The maximum absolute atomic E-state index is 11.2. The minimum Gasteiger partial charge on any atom is -0.504 e. The molecule has 1 rings (SSSR count). The number of phenolic OH excluding ortho intramolecular Hbond substituents is 3. The number of amides is 1. The van der Waals surface area contributed by atoms with Crippen LogP contribution in [0.4, 0.5) is 0 Å². The second-order valence-electron chi connectivity index (χ2n) is 3.77. The predicted octanol–water partition coefficient (Wildman–Crippen LogP) is -1.22. The molecule has 1 amide bonds. The SMILES string of the molecule is NC(CO)C(=O)NCCc1ccc(O)c(O)c1O. The van der Waals surface area contributed by atoms with Crippen molar-refractivity contribution in [2.75, 3.05) is 13.2 Å². The first-order valence-electron chi connectivity index (χ1n) is 5.34. The number of nitrogens with two attached hydrogens (primary N) is 1. The zero-order valence-electron chi connectivity index (χ0n) is 9.63. The Bertz CT molecular complexity index is 436. The second kappa shape index (κ2) is 6.08. The van der Waals surface area contributed by atoms with Crippen molar-refractivity contribution in [3.63, 3.8) is 0 Å². The molecule has 7 nitrogen and oxygen atoms in total. The van der Waals surface area contributed by atoms with Crippen molar-refractivity contribution in [3.05, 3.63) is 17.7 Å². The zero-order chi connectivity index (χ0) is 13.7. The van der Waals surface area contributed by atoms with Gasteiger partial charge in [0.05, 0.1) is 6.61 Å². The average Bonchev–Trinajstić information content (AvgIpc) is 2.37. The molecule has 100 valence electrons. The van der Waals surface area contributed by atoms with Crippen LogP contribution in [0.25, 0.3) is 0 Å². The molecule has 0 fully saturated rings. The number of phenols is 3. The van der Waals surface area contributed by atoms with E-state index in [4.69, 9.17) is 15.9 Å². The fourth-order valence-corrected chi connectivity index (χ4v) is 1.35. The first kappa shape index (κ1) is 14.1. The Labute approximate surface area is 103 Å². The topological polar surface area (TPSA) is 136 Å². The van der Waals surface area contributed by atoms with Crippen LogP contribution in [0.15, 0.2) is 12.1 Å². The number of rotatable bonds is 5. The third-order valence-corrected chi connectivity index (χ3v) is 2.44. The first-order valence-corrected chi connectivity index (χ1v) is 5.34. The summed E-state index contributed by atoms with van der Waals surface area (Å²) in [6.07, 6.45) is 0.254. The molecule has 1 aromatic rings. The molecule has 0 aliphatic heterocycles. The van der Waals surface area contributed by atoms with E-state index in [9.17, 15) is 15.0 Å². The smallest absolute Gasteiger partial charge is 0.239 e. The number of carbonyl (C=O) groups excluding carboxylic acids is 1. The van der Waals surface area contributed by atoms with E-state index in [-0.39, 0.29) is 13.0 Å². The van der Waals surface area contributed by atoms with Gasteiger partial charge in [-0.25, -0.2) is 0 Å². The summed E-state index contributed by atoms with van der Waals surface area (Å²) < 4.78 is 0. The van der Waals surface area contributed by atoms with Gasteiger partial charge in [-0.15, -0.1) is 0 Å². The van der Waals surface area contributed by atoms with Gasteiger partial charge in [-0.1, -0.05) is 6.07 Å². The maximum atomic E-state index is 11.2. The van der Waals surface area contributed by atoms with E-state index in [1.807, 2.05) is 0 Å². The fraction of sp³-hybridized carbons (Fsp3) is 0.364. The highest BCUT2D eigenvalue weighted by Crippen LogP contribution is 2.36. The monoisotopic (exact) mass is 256 g/mol. The molecule has 1 aromatic carbocycles. The van der Waals surface area contributed by atoms with Crippen molar-refractivity contribution in [2.24, 2.45) is 5.73 Å². The van der Waals surface area contributed by atoms with Crippen molar-refractivity contribution < 1.29 is 25.2 Å². The summed E-state index contributed by atoms with van der Waals surface area (Å²) >= 11 is 0. The number of aliphatic hydroxyl groups is 1. The Morgan fingerprint density at radius 3 is 2.56 bits per heavy atom. The van der Waals surface area contributed by atoms with Gasteiger partial charge in [-0.05, 0) is 18.1 Å². The molecule has 0 aliphatic rings. The van der Waals surface area contributed by atoms with Gasteiger partial charge in [-0.2, -0.15) is 0 Å². The maximum Gasteiger partial charge on any atom is 0.239 e. The summed E-state index contributed by atoms with van der Waals surface area (Å²) in [5.41, 5.74) is 5.66. The molecule has 0 aromatic heterocycles. The van der Waals surface area contributed by atoms with Gasteiger partial charge in [0.2, 0.25) is 11.7 Å². The van der Waals surface area contributed by atoms with Crippen molar-refractivity contribution in [3.8, 4) is 17.2 Å². The summed E-state index contributed by atoms with van der Waals surface area (Å²) in [6, 6.07) is 1.69. The molecule has 0 heterocycles. The molecule has 0 saturated heterocycles. The van der Waals surface area contributed by atoms with Crippen LogP contribution in [0, 0.1) is 0 Å². The largest absolute Gasteiger partial charge is 0.504 e. The number of aliphatic hydroxyl groups excluding tert-OH is 1. The second-order valence-corrected chi connectivity index (χ2v) is 3.77. The van der Waals surface area contributed by atoms with Crippen molar-refractivity contribution in [1.82, 2.24) is 5.32 Å². The van der Waals surface area contributed by atoms with E-state index in [1.165, 1.54) is 12.1 Å². The van der Waals surface area contributed by atoms with E-state index in [0.717, 1.165) is 0 Å². The highest BCUT2D eigenvalue weighted by Gasteiger charge is 2.13. The molecule has 0 aliphatic carbocycles. The van der Waals surface area contributed by atoms with Crippen LogP contribution in [0.5, 0.6) is 17.2 Å². The molecule has 7 heteroatoms. The summed E-state index contributed by atoms with van der Waals surface area (Å²) in [5, 5.41) is 39.0. The normalized spacial score (nSPS) is 12.1. The van der Waals surface area contributed by atoms with Gasteiger partial charge in [0, 0.05) is 6.54 Å². The lowest BCUT2D eigenvalue weighted by molar-refractivity contribution is -0.123. The fourth-order valence-electron chi connectivity index (χ4n) is 1.35. The third-order valence-electron chi connectivity index (χ3n) is 2.44. The highest BCUT2D eigenvalue weighted by atomic mass is 16.3. The van der Waals surface area contributed by atoms with Crippen LogP contribution in [0.1, 0.15) is 5.56 Å². The van der Waals surface area contributed by atoms with Gasteiger partial charge >= 0.3 is 0 Å². The van der Waals surface area contributed by atoms with Crippen LogP contribution in [-0.2, 0) is 11.2 Å². The number of hydrogen-bond acceptors (Lipinski definition) is 6. The first-order chi connectivity index (χ1) is 8.47. The van der Waals surface area contributed by atoms with E-state index < -0.39 is 35.8 Å². The van der Waals surface area contributed by atoms with Crippen LogP contribution >= 0.6 is 0 Å². The van der Waals surface area contributed by atoms with E-state index in [2.05, 4.69) is 5.32 Å². The number of hydrogen-bond donors (Lipinski definition) is 6. The van der Waals surface area contributed by atoms with E-state index in [1.54, 1.807) is 0 Å². The van der Waals surface area contributed by atoms with Gasteiger partial charge in [-0.3, -0.25) is 4.79 Å². The van der Waals surface area contributed by atoms with E-state index in [0.29, 0.717) is 5.56 Å². The number of aromatic hydroxyl groups is 3. The minimum absolute atomic E-state index is 0.185. The highest BCUT2D eigenvalue weighted by molar-refractivity contribution is 5.81. The zero-order valence-corrected chi connectivity index (χ0v) is 9.63. The Morgan fingerprint density at radius 1 is 1.28 bits per heavy atom. The summed E-state index contributed by atoms with van der Waals surface area (Å²) in [5.74, 6) is -1.93. The summed E-state index contributed by atoms with van der Waals surface area (Å²) in [7, 11) is 0. The van der Waals surface area contributed by atoms with Gasteiger partial charge in [0.15, 0.2) is 11.5 Å². The van der Waals surface area contributed by atoms with Crippen molar-refractivity contribution in [1.29, 1.82) is 0 Å². The molecule has 0 bridgehead atoms. The predicted molar refractivity (Wildman–Crippen MR) is 63.2 cm³/mol. The molecule has 7 N–H and O–H groups in total. The average molecular weight is 256 g/mol. The molecule has 18 heavy (non-hydrogen) atoms. The Morgan fingerprint density at radius 2 is 1.94 bits per heavy atom. The van der Waals surface area contributed by atoms with Gasteiger partial charge in [0.25, 0.3) is 0 Å². The molecule has 0 radical (unpaired) electrons. The summed E-state index contributed by atoms with van der Waals surface area (Å²) in [6.45, 7) is -0.263. The number of nitrogens with one attached hydrogen (secondary N) is 1. The lowest BCUT2D eigenvalue weighted by Gasteiger charge is -2.11. The number of carbonyl (C=O) groups is 1. The molecular formula is C11H16N2O5. The minimum atomic E-state index is -0.980. The molecule has 0 saturated carbocycles. The van der Waals surface area contributed by atoms with Gasteiger partial charge in [0.1, 0.15) is 6.04 Å². The molecular weight excluding hydrogens is 240 g/mol. The number of benzene rings is 1. The Hall–Kier alpha value is -1.99. The molecule has 1 atom stereocenters. The van der Waals surface area contributed by atoms with Crippen LogP contribution in [0.3, 0.4) is 0 Å². The quantitative estimate of drug-likeness (QED) is 0.365. The van der Waals surface area contributed by atoms with Crippen LogP contribution < -0.4 is 11.1 Å². The Kier molecular flexibility index (Phi) is 4.75. The standard InChI is InChI=1S/C11H16N2O5/c12-7(5-14)11(18)13-4-3-6-1-2-8(15)10(17)9(6)16/h1-2,7,14-17H,3-5,12H2,(H,13,18). The van der Waals surface area contributed by atoms with E-state index >= 15 is 0 Å². The Balaban J connectivity index is 2.55. The molecule has 1 unspecified atom stereocenters. The summed E-state index contributed by atoms with van der Waals surface area (Å²) in [4.78, 5) is 11.2. The van der Waals surface area contributed by atoms with Crippen molar-refractivity contribution in [2.45, 2.75) is 12.5 Å². The van der Waals surface area contributed by atoms with Crippen LogP contribution in [0.2, 0.25) is 0 Å². The third kappa shape index (κ3) is 3.25. The van der Waals surface area contributed by atoms with Crippen molar-refractivity contribution >= 4 is 5.91 Å². The lowest BCUT2D eigenvalue weighted by Crippen LogP contribution is -2.43. The lowest BCUT2D eigenvalue weighted by atomic mass is 10.1. The van der Waals surface area contributed by atoms with Gasteiger partial charge < -0.3 is 31.5 Å². The molecule has 0 spiro atoms.